The first-order chi connectivity index (χ1) is 62.7. The van der Waals surface area contributed by atoms with Crippen LogP contribution in [0.5, 0.6) is 0 Å². The minimum Gasteiger partial charge on any atom is -0.374 e. The summed E-state index contributed by atoms with van der Waals surface area (Å²) in [5, 5.41) is 50.2. The number of nitrogens with zero attached hydrogens (tertiary/aromatic N) is 20. The molecule has 11 fully saturated rings. The molecule has 0 spiro atoms. The largest absolute Gasteiger partial charge is 0.374 e. The van der Waals surface area contributed by atoms with Crippen molar-refractivity contribution in [2.75, 3.05) is 127 Å². The molecule has 21 rings (SSSR count). The van der Waals surface area contributed by atoms with Crippen molar-refractivity contribution in [3.05, 3.63) is 124 Å². The number of nitrogens with one attached hydrogen (secondary N) is 4. The highest BCUT2D eigenvalue weighted by Crippen LogP contribution is 2.48. The van der Waals surface area contributed by atoms with Gasteiger partial charge >= 0.3 is 5.69 Å². The molecule has 6 N–H and O–H groups in total. The molecule has 7 aromatic heterocycles. The zero-order valence-corrected chi connectivity index (χ0v) is 72.1. The lowest BCUT2D eigenvalue weighted by Gasteiger charge is -2.48. The number of morpholine rings is 2. The number of imidazole rings is 1. The second kappa shape index (κ2) is 35.0. The molecule has 129 heavy (non-hydrogen) atoms. The highest BCUT2D eigenvalue weighted by atomic mass is 19.3. The number of hydrogen-bond donors (Lipinski definition) is 6. The van der Waals surface area contributed by atoms with Gasteiger partial charge in [-0.15, -0.1) is 0 Å². The summed E-state index contributed by atoms with van der Waals surface area (Å²) >= 11 is 0. The van der Waals surface area contributed by atoms with Crippen LogP contribution >= 0.6 is 0 Å². The standard InChI is InChI=1S/C90H108F4N24O11/c1-3-110-77-52(7-4-10-66(77)118(90(110)126)69-21-23-74(120)102-88(69)124)8-6-40-127-58-26-32-109(33-27-58)78(53-14-18-56(19-15-53)116-49-64(76(104-116)82(93)94)98-85(121)61-43-95-113-34-28-71(99-83(61)113)111-46-59-41-57(111)50-128-59)80-70-42-60(129-80)47-112(70)72-29-35-114-84(100-72)62(44-96-114)86(122)97-63-48-115(103-75(63)81(91)92)55-16-12-51(13-17-55)45-106-36-38-107(39-37-106)54-24-30-108(31-25-54)65-9-5-11-67-79(65)105(2)89(125)117(67)68-20-22-73(119)101-87(68)123/h4-5,7,9-11,28-29,34-35,43-44,48-49,51,53-60,68-70,74,78,80-82,90,120,126H,3,12-27,30-33,36-42,45-47,50H2,1-2H3,(H,97,122)(H,98,121)(H,102,124)(H,101,119,123)/t51?,53?,55?,56?,57-,59-,60-,68?,69?,70-,74?,78?,80?,90?/m1/s1. The number of piperidine rings is 4. The van der Waals surface area contributed by atoms with Crippen LogP contribution in [0.2, 0.25) is 0 Å². The summed E-state index contributed by atoms with van der Waals surface area (Å²) in [5.74, 6) is 5.92. The number of amides is 5. The Morgan fingerprint density at radius 2 is 1.31 bits per heavy atom. The fourth-order valence-corrected chi connectivity index (χ4v) is 23.2. The van der Waals surface area contributed by atoms with E-state index in [9.17, 15) is 39.0 Å². The first-order valence-electron chi connectivity index (χ1n) is 46.0. The highest BCUT2D eigenvalue weighted by Gasteiger charge is 2.54. The number of piperazine rings is 1. The Labute approximate surface area is 740 Å². The van der Waals surface area contributed by atoms with Gasteiger partial charge in [0.1, 0.15) is 47.7 Å². The summed E-state index contributed by atoms with van der Waals surface area (Å²) in [6.07, 6.45) is 12.9. The number of rotatable bonds is 22. The van der Waals surface area contributed by atoms with Gasteiger partial charge in [0.2, 0.25) is 24.1 Å². The Morgan fingerprint density at radius 1 is 0.667 bits per heavy atom. The Kier molecular flexibility index (Phi) is 23.0. The molecule has 39 heteroatoms. The van der Waals surface area contributed by atoms with Crippen LogP contribution in [0.15, 0.2) is 90.5 Å². The fraction of sp³-hybridized carbons (Fsp3) is 0.578. The van der Waals surface area contributed by atoms with Crippen molar-refractivity contribution in [1.82, 2.24) is 83.2 Å². The number of fused-ring (bicyclic) bond motifs is 8. The number of hydrogen-bond acceptors (Lipinski definition) is 25. The average Bonchev–Trinajstić information content (AvgIpc) is 1.60. The Morgan fingerprint density at radius 3 is 1.93 bits per heavy atom. The van der Waals surface area contributed by atoms with Gasteiger partial charge in [-0.25, -0.2) is 41.4 Å². The molecule has 5 amide bonds. The lowest BCUT2D eigenvalue weighted by atomic mass is 9.77. The number of likely N-dealkylation sites (tertiary alicyclic amines) is 1. The molecule has 6 unspecified atom stereocenters. The van der Waals surface area contributed by atoms with E-state index in [0.29, 0.717) is 143 Å². The second-order valence-corrected chi connectivity index (χ2v) is 37.0. The van der Waals surface area contributed by atoms with E-state index in [0.717, 1.165) is 108 Å². The molecule has 35 nitrogen and oxygen atoms in total. The van der Waals surface area contributed by atoms with E-state index in [1.54, 1.807) is 42.8 Å². The van der Waals surface area contributed by atoms with Crippen LogP contribution in [0.1, 0.15) is 191 Å². The van der Waals surface area contributed by atoms with Crippen LogP contribution in [-0.4, -0.2) is 271 Å². The number of para-hydroxylation sites is 2. The predicted octanol–water partition coefficient (Wildman–Crippen LogP) is 7.37. The molecule has 17 heterocycles. The van der Waals surface area contributed by atoms with Crippen molar-refractivity contribution in [3.8, 4) is 11.8 Å². The van der Waals surface area contributed by atoms with Crippen LogP contribution in [0.3, 0.4) is 0 Å². The molecule has 10 atom stereocenters. The van der Waals surface area contributed by atoms with Gasteiger partial charge in [-0.05, 0) is 164 Å². The van der Waals surface area contributed by atoms with E-state index in [1.165, 1.54) is 33.8 Å². The summed E-state index contributed by atoms with van der Waals surface area (Å²) in [5.41, 5.74) is 3.80. The van der Waals surface area contributed by atoms with E-state index in [2.05, 4.69) is 82.9 Å². The molecule has 0 radical (unpaired) electrons. The van der Waals surface area contributed by atoms with Crippen molar-refractivity contribution < 1.29 is 66.0 Å². The minimum absolute atomic E-state index is 0.0755. The number of benzene rings is 2. The fourth-order valence-electron chi connectivity index (χ4n) is 23.2. The summed E-state index contributed by atoms with van der Waals surface area (Å²) in [4.78, 5) is 108. The lowest BCUT2D eigenvalue weighted by Crippen LogP contribution is -2.59. The van der Waals surface area contributed by atoms with E-state index in [-0.39, 0.29) is 126 Å². The third kappa shape index (κ3) is 16.0. The highest BCUT2D eigenvalue weighted by molar-refractivity contribution is 6.09. The topological polar surface area (TPSA) is 350 Å². The Bertz CT molecular complexity index is 5880. The maximum atomic E-state index is 15.1. The third-order valence-electron chi connectivity index (χ3n) is 29.7. The van der Waals surface area contributed by atoms with E-state index in [1.807, 2.05) is 60.4 Å². The van der Waals surface area contributed by atoms with Gasteiger partial charge in [0.25, 0.3) is 24.7 Å². The summed E-state index contributed by atoms with van der Waals surface area (Å²) in [7, 11) is 1.74. The van der Waals surface area contributed by atoms with Crippen molar-refractivity contribution in [2.45, 2.75) is 221 Å². The average molecular weight is 1780 g/mol. The number of aliphatic hydroxyl groups excluding tert-OH is 2. The smallest absolute Gasteiger partial charge is 0.329 e. The summed E-state index contributed by atoms with van der Waals surface area (Å²) in [6, 6.07) is 13.7. The minimum atomic E-state index is -2.99. The van der Waals surface area contributed by atoms with Gasteiger partial charge in [-0.3, -0.25) is 57.6 Å². The number of halogens is 4. The van der Waals surface area contributed by atoms with Gasteiger partial charge in [-0.2, -0.15) is 20.4 Å². The molecule has 10 aliphatic heterocycles. The number of alkyl halides is 4. The second-order valence-electron chi connectivity index (χ2n) is 37.0. The van der Waals surface area contributed by atoms with Gasteiger partial charge in [0.05, 0.1) is 113 Å². The molecule has 2 aliphatic carbocycles. The maximum absolute atomic E-state index is 15.1. The van der Waals surface area contributed by atoms with Crippen LogP contribution in [-0.2, 0) is 35.6 Å². The molecule has 4 bridgehead atoms. The van der Waals surface area contributed by atoms with Crippen LogP contribution in [0.4, 0.5) is 57.6 Å². The van der Waals surface area contributed by atoms with Crippen molar-refractivity contribution in [1.29, 1.82) is 0 Å². The van der Waals surface area contributed by atoms with E-state index in [4.69, 9.17) is 24.2 Å². The normalized spacial score (nSPS) is 27.6. The molecular weight excluding hydrogens is 1670 g/mol. The summed E-state index contributed by atoms with van der Waals surface area (Å²) in [6.45, 7) is 12.1. The van der Waals surface area contributed by atoms with Gasteiger partial charge in [-0.1, -0.05) is 24.0 Å². The number of carbonyl (C=O) groups is 5. The maximum Gasteiger partial charge on any atom is 0.329 e. The Balaban J connectivity index is 0.465. The van der Waals surface area contributed by atoms with Crippen LogP contribution in [0.25, 0.3) is 22.3 Å². The number of aromatic nitrogens is 12. The molecule has 2 saturated carbocycles. The van der Waals surface area contributed by atoms with Crippen molar-refractivity contribution in [3.63, 3.8) is 0 Å². The molecule has 9 aromatic rings. The molecular formula is C90H108F4N24O11. The van der Waals surface area contributed by atoms with Crippen molar-refractivity contribution >= 4 is 91.9 Å². The third-order valence-corrected chi connectivity index (χ3v) is 29.7. The van der Waals surface area contributed by atoms with Gasteiger partial charge in [0.15, 0.2) is 22.7 Å². The number of anilines is 7. The van der Waals surface area contributed by atoms with Crippen LogP contribution in [0, 0.1) is 23.7 Å². The number of aliphatic hydroxyl groups is 2. The number of carbonyl (C=O) groups excluding carboxylic acids is 5. The quantitative estimate of drug-likeness (QED) is 0.0219. The van der Waals surface area contributed by atoms with Gasteiger partial charge in [0, 0.05) is 129 Å². The molecule has 682 valence electrons. The first kappa shape index (κ1) is 84.7. The van der Waals surface area contributed by atoms with E-state index < -0.39 is 66.6 Å². The lowest BCUT2D eigenvalue weighted by molar-refractivity contribution is -0.136. The molecule has 2 aromatic carbocycles. The number of ether oxygens (including phenoxy) is 3. The first-order valence-corrected chi connectivity index (χ1v) is 46.0. The number of imide groups is 1. The zero-order valence-electron chi connectivity index (χ0n) is 72.1. The summed E-state index contributed by atoms with van der Waals surface area (Å²) < 4.78 is 89.4. The monoisotopic (exact) mass is 1780 g/mol. The number of aryl methyl sites for hydroxylation is 1. The van der Waals surface area contributed by atoms with Crippen molar-refractivity contribution in [2.24, 2.45) is 18.9 Å². The Hall–Kier alpha value is -11.1. The SMILES string of the molecule is CCN1c2c(C#CCOC3CCN(C(C4CCC(n5cc(NC(=O)c6cnn7ccc(N8C[C@H]9C[C@@H]8CO9)nc67)c(C(F)F)n5)CC4)C4O[C@@H]5C[C@H]4N(c4ccn6ncc(C(=O)Nc7cn(C8CCC(CN9CCN(C%10CCN(c%11cccc%12c%11n(C)c(=O)n%12C%11CCC(=O)NC%11=O)CC%10)CC9)CC8)nc7C(F)F)c6n4)C5)CC3)cccc2N(C2CCC(O)NC2=O)C1O. The van der Waals surface area contributed by atoms with E-state index >= 15 is 17.6 Å². The van der Waals surface area contributed by atoms with Gasteiger partial charge < -0.3 is 69.8 Å². The zero-order chi connectivity index (χ0) is 88.3. The van der Waals surface area contributed by atoms with Crippen LogP contribution < -0.4 is 51.5 Å². The molecule has 9 saturated heterocycles. The predicted molar refractivity (Wildman–Crippen MR) is 466 cm³/mol. The molecule has 12 aliphatic rings.